The Balaban J connectivity index is 1.70. The predicted octanol–water partition coefficient (Wildman–Crippen LogP) is 3.47. The van der Waals surface area contributed by atoms with Crippen molar-refractivity contribution >= 4 is 28.6 Å². The quantitative estimate of drug-likeness (QED) is 0.484. The highest BCUT2D eigenvalue weighted by molar-refractivity contribution is 6.04. The van der Waals surface area contributed by atoms with Gasteiger partial charge in [-0.3, -0.25) is 9.59 Å². The van der Waals surface area contributed by atoms with Gasteiger partial charge in [0, 0.05) is 22.7 Å². The maximum atomic E-state index is 12.3. The number of esters is 2. The minimum absolute atomic E-state index is 0.113. The Morgan fingerprint density at radius 1 is 1.00 bits per heavy atom. The third kappa shape index (κ3) is 3.96. The average molecular weight is 379 g/mol. The van der Waals surface area contributed by atoms with E-state index in [1.165, 1.54) is 7.11 Å². The summed E-state index contributed by atoms with van der Waals surface area (Å²) in [6, 6.07) is 12.6. The Morgan fingerprint density at radius 2 is 1.75 bits per heavy atom. The molecule has 0 amide bonds. The lowest BCUT2D eigenvalue weighted by molar-refractivity contribution is -0.143. The average Bonchev–Trinajstić information content (AvgIpc) is 3.06. The molecule has 1 aromatic heterocycles. The fourth-order valence-corrected chi connectivity index (χ4v) is 2.98. The van der Waals surface area contributed by atoms with E-state index >= 15 is 0 Å². The van der Waals surface area contributed by atoms with Gasteiger partial charge >= 0.3 is 11.9 Å². The van der Waals surface area contributed by atoms with Crippen molar-refractivity contribution in [3.05, 3.63) is 70.9 Å². The fourth-order valence-electron chi connectivity index (χ4n) is 2.98. The number of benzene rings is 2. The Morgan fingerprint density at radius 3 is 2.46 bits per heavy atom. The molecule has 0 unspecified atom stereocenters. The first-order valence-corrected chi connectivity index (χ1v) is 8.83. The van der Waals surface area contributed by atoms with Gasteiger partial charge in [-0.2, -0.15) is 0 Å². The molecule has 0 spiro atoms. The molecule has 0 radical (unpaired) electrons. The first-order valence-electron chi connectivity index (χ1n) is 8.83. The van der Waals surface area contributed by atoms with Crippen LogP contribution in [0.4, 0.5) is 0 Å². The van der Waals surface area contributed by atoms with Crippen LogP contribution in [0.1, 0.15) is 31.8 Å². The molecular formula is C22H21NO5. The first kappa shape index (κ1) is 19.4. The summed E-state index contributed by atoms with van der Waals surface area (Å²) >= 11 is 0. The van der Waals surface area contributed by atoms with Gasteiger partial charge in [0.15, 0.2) is 12.4 Å². The van der Waals surface area contributed by atoms with Gasteiger partial charge in [-0.15, -0.1) is 0 Å². The number of para-hydroxylation sites is 1. The van der Waals surface area contributed by atoms with E-state index in [2.05, 4.69) is 0 Å². The largest absolute Gasteiger partial charge is 0.465 e. The fraction of sp³-hybridized carbons (Fsp3) is 0.227. The lowest BCUT2D eigenvalue weighted by Gasteiger charge is -2.08. The molecule has 0 saturated heterocycles. The molecule has 6 nitrogen and oxygen atoms in total. The molecule has 3 aromatic rings. The third-order valence-corrected chi connectivity index (χ3v) is 4.69. The van der Waals surface area contributed by atoms with E-state index in [0.29, 0.717) is 22.0 Å². The second kappa shape index (κ2) is 8.08. The molecule has 0 aliphatic carbocycles. The van der Waals surface area contributed by atoms with Gasteiger partial charge in [-0.25, -0.2) is 4.79 Å². The number of aryl methyl sites for hydroxylation is 2. The van der Waals surface area contributed by atoms with Gasteiger partial charge < -0.3 is 14.0 Å². The van der Waals surface area contributed by atoms with Crippen LogP contribution in [0.25, 0.3) is 10.9 Å². The minimum atomic E-state index is -0.561. The van der Waals surface area contributed by atoms with Gasteiger partial charge in [0.05, 0.1) is 12.7 Å². The monoisotopic (exact) mass is 379 g/mol. The Hall–Kier alpha value is -3.41. The van der Waals surface area contributed by atoms with Gasteiger partial charge in [-0.1, -0.05) is 30.3 Å². The summed E-state index contributed by atoms with van der Waals surface area (Å²) in [5, 5.41) is 0.688. The molecule has 2 aromatic carbocycles. The van der Waals surface area contributed by atoms with Crippen LogP contribution < -0.4 is 0 Å². The number of aromatic nitrogens is 1. The topological polar surface area (TPSA) is 74.6 Å². The Bertz CT molecular complexity index is 1060. The number of hydrogen-bond donors (Lipinski definition) is 0. The van der Waals surface area contributed by atoms with E-state index in [1.807, 2.05) is 26.0 Å². The van der Waals surface area contributed by atoms with E-state index in [-0.39, 0.29) is 18.9 Å². The Labute approximate surface area is 162 Å². The van der Waals surface area contributed by atoms with Crippen molar-refractivity contribution in [3.8, 4) is 0 Å². The standard InChI is InChI=1S/C22H21NO5/c1-14-8-9-16(10-15(14)2)20(24)13-28-21(25)12-23-11-18(22(26)27-3)17-6-4-5-7-19(17)23/h4-11H,12-13H2,1-3H3. The van der Waals surface area contributed by atoms with E-state index in [9.17, 15) is 14.4 Å². The van der Waals surface area contributed by atoms with E-state index in [0.717, 1.165) is 11.1 Å². The molecule has 0 atom stereocenters. The molecule has 0 bridgehead atoms. The SMILES string of the molecule is COC(=O)c1cn(CC(=O)OCC(=O)c2ccc(C)c(C)c2)c2ccccc12. The molecule has 0 aliphatic rings. The summed E-state index contributed by atoms with van der Waals surface area (Å²) in [5.41, 5.74) is 3.69. The number of methoxy groups -OCH3 is 1. The number of Topliss-reactive ketones (excluding diaryl/α,β-unsaturated/α-hetero) is 1. The molecule has 0 fully saturated rings. The van der Waals surface area contributed by atoms with Crippen molar-refractivity contribution in [2.75, 3.05) is 13.7 Å². The molecule has 0 aliphatic heterocycles. The molecule has 3 rings (SSSR count). The van der Waals surface area contributed by atoms with Gasteiger partial charge in [-0.05, 0) is 37.1 Å². The summed E-state index contributed by atoms with van der Waals surface area (Å²) in [5.74, 6) is -1.30. The van der Waals surface area contributed by atoms with Crippen molar-refractivity contribution in [1.29, 1.82) is 0 Å². The van der Waals surface area contributed by atoms with Crippen LogP contribution in [0, 0.1) is 13.8 Å². The number of nitrogens with zero attached hydrogens (tertiary/aromatic N) is 1. The Kier molecular flexibility index (Phi) is 5.59. The number of carbonyl (C=O) groups excluding carboxylic acids is 3. The minimum Gasteiger partial charge on any atom is -0.465 e. The lowest BCUT2D eigenvalue weighted by atomic mass is 10.0. The number of hydrogen-bond acceptors (Lipinski definition) is 5. The first-order chi connectivity index (χ1) is 13.4. The zero-order chi connectivity index (χ0) is 20.3. The normalized spacial score (nSPS) is 10.7. The van der Waals surface area contributed by atoms with Crippen LogP contribution in [0.5, 0.6) is 0 Å². The number of ketones is 1. The van der Waals surface area contributed by atoms with Crippen LogP contribution in [0.3, 0.4) is 0 Å². The summed E-state index contributed by atoms with van der Waals surface area (Å²) in [7, 11) is 1.31. The third-order valence-electron chi connectivity index (χ3n) is 4.69. The van der Waals surface area contributed by atoms with Crippen molar-refractivity contribution in [2.45, 2.75) is 20.4 Å². The number of fused-ring (bicyclic) bond motifs is 1. The highest BCUT2D eigenvalue weighted by Gasteiger charge is 2.17. The summed E-state index contributed by atoms with van der Waals surface area (Å²) in [6.45, 7) is 3.45. The van der Waals surface area contributed by atoms with Crippen molar-refractivity contribution in [1.82, 2.24) is 4.57 Å². The predicted molar refractivity (Wildman–Crippen MR) is 104 cm³/mol. The molecule has 0 saturated carbocycles. The smallest absolute Gasteiger partial charge is 0.340 e. The second-order valence-corrected chi connectivity index (χ2v) is 6.56. The molecule has 0 N–H and O–H groups in total. The highest BCUT2D eigenvalue weighted by atomic mass is 16.5. The van der Waals surface area contributed by atoms with Crippen molar-refractivity contribution < 1.29 is 23.9 Å². The zero-order valence-corrected chi connectivity index (χ0v) is 16.0. The zero-order valence-electron chi connectivity index (χ0n) is 16.0. The van der Waals surface area contributed by atoms with Crippen LogP contribution in [0.2, 0.25) is 0 Å². The van der Waals surface area contributed by atoms with Gasteiger partial charge in [0.1, 0.15) is 6.54 Å². The molecular weight excluding hydrogens is 358 g/mol. The van der Waals surface area contributed by atoms with Crippen LogP contribution in [-0.2, 0) is 20.8 Å². The van der Waals surface area contributed by atoms with Crippen LogP contribution in [0.15, 0.2) is 48.7 Å². The highest BCUT2D eigenvalue weighted by Crippen LogP contribution is 2.22. The molecule has 1 heterocycles. The molecule has 6 heteroatoms. The maximum absolute atomic E-state index is 12.3. The van der Waals surface area contributed by atoms with Crippen molar-refractivity contribution in [2.24, 2.45) is 0 Å². The summed E-state index contributed by atoms with van der Waals surface area (Å²) < 4.78 is 11.6. The number of carbonyl (C=O) groups is 3. The molecule has 144 valence electrons. The van der Waals surface area contributed by atoms with Gasteiger partial charge in [0.2, 0.25) is 0 Å². The van der Waals surface area contributed by atoms with E-state index in [4.69, 9.17) is 9.47 Å². The summed E-state index contributed by atoms with van der Waals surface area (Å²) in [4.78, 5) is 36.5. The van der Waals surface area contributed by atoms with E-state index < -0.39 is 11.9 Å². The number of ether oxygens (including phenoxy) is 2. The maximum Gasteiger partial charge on any atom is 0.340 e. The summed E-state index contributed by atoms with van der Waals surface area (Å²) in [6.07, 6.45) is 1.56. The van der Waals surface area contributed by atoms with Crippen LogP contribution in [-0.4, -0.2) is 36.0 Å². The van der Waals surface area contributed by atoms with Crippen LogP contribution >= 0.6 is 0 Å². The number of rotatable bonds is 6. The lowest BCUT2D eigenvalue weighted by Crippen LogP contribution is -2.18. The second-order valence-electron chi connectivity index (χ2n) is 6.56. The van der Waals surface area contributed by atoms with Crippen molar-refractivity contribution in [3.63, 3.8) is 0 Å². The van der Waals surface area contributed by atoms with Gasteiger partial charge in [0.25, 0.3) is 0 Å². The van der Waals surface area contributed by atoms with E-state index in [1.54, 1.807) is 41.1 Å². The molecule has 28 heavy (non-hydrogen) atoms.